The van der Waals surface area contributed by atoms with Gasteiger partial charge in [0.25, 0.3) is 0 Å². The predicted molar refractivity (Wildman–Crippen MR) is 113 cm³/mol. The minimum Gasteiger partial charge on any atom is -0.479 e. The van der Waals surface area contributed by atoms with Gasteiger partial charge in [-0.15, -0.1) is 0 Å². The maximum atomic E-state index is 11.9. The second-order valence-corrected chi connectivity index (χ2v) is 10.2. The van der Waals surface area contributed by atoms with Crippen molar-refractivity contribution < 1.29 is 98.4 Å². The van der Waals surface area contributed by atoms with Crippen LogP contribution in [0.5, 0.6) is 0 Å². The highest BCUT2D eigenvalue weighted by atomic mass is 31.2. The molecule has 3 heterocycles. The molecule has 12 N–H and O–H groups in total. The summed E-state index contributed by atoms with van der Waals surface area (Å²) in [5.74, 6) is -1.83. The number of carboxylic acid groups (broad SMARTS) is 1. The molecule has 0 saturated carbocycles. The summed E-state index contributed by atoms with van der Waals surface area (Å²) in [5, 5.41) is 100. The van der Waals surface area contributed by atoms with Gasteiger partial charge in [-0.2, -0.15) is 0 Å². The molecule has 3 fully saturated rings. The lowest BCUT2D eigenvalue weighted by Gasteiger charge is -2.47. The molecule has 3 rings (SSSR count). The SMILES string of the molecule is O=C(O)[C@H]1O[C@H](O[C@H]2C(O)O[C@H](CO)[C@H](O)[C@@H]2O)[C@H](O)[C@@H](O)[C@@H]1O[C@@H]1O[C@H](COP(=O)(O)O)[C@@H](O)[C@H](O)[C@@H]1O. The normalized spacial score (nSPS) is 47.6. The minimum absolute atomic E-state index is 0.795. The molecule has 3 aliphatic heterocycles. The highest BCUT2D eigenvalue weighted by Crippen LogP contribution is 2.37. The summed E-state index contributed by atoms with van der Waals surface area (Å²) < 4.78 is 40.8. The molecule has 0 spiro atoms. The van der Waals surface area contributed by atoms with Gasteiger partial charge in [0.05, 0.1) is 13.2 Å². The van der Waals surface area contributed by atoms with Crippen LogP contribution in [-0.4, -0.2) is 172 Å². The maximum Gasteiger partial charge on any atom is 0.469 e. The van der Waals surface area contributed by atoms with E-state index in [9.17, 15) is 55.3 Å². The van der Waals surface area contributed by atoms with Gasteiger partial charge in [-0.3, -0.25) is 4.52 Å². The number of carboxylic acids is 1. The van der Waals surface area contributed by atoms with E-state index in [1.807, 2.05) is 0 Å². The van der Waals surface area contributed by atoms with Gasteiger partial charge in [-0.05, 0) is 0 Å². The zero-order valence-electron chi connectivity index (χ0n) is 19.7. The van der Waals surface area contributed by atoms with E-state index in [4.69, 9.17) is 38.6 Å². The van der Waals surface area contributed by atoms with Gasteiger partial charge in [0.2, 0.25) is 0 Å². The van der Waals surface area contributed by atoms with E-state index in [0.29, 0.717) is 0 Å². The number of aliphatic hydroxyl groups is 9. The van der Waals surface area contributed by atoms with Crippen LogP contribution in [0.2, 0.25) is 0 Å². The number of hydrogen-bond acceptors (Lipinski definition) is 17. The summed E-state index contributed by atoms with van der Waals surface area (Å²) in [5.41, 5.74) is 0. The second-order valence-electron chi connectivity index (χ2n) is 8.98. The summed E-state index contributed by atoms with van der Waals surface area (Å²) >= 11 is 0. The molecule has 0 amide bonds. The second kappa shape index (κ2) is 12.9. The molecule has 39 heavy (non-hydrogen) atoms. The van der Waals surface area contributed by atoms with E-state index in [0.717, 1.165) is 0 Å². The van der Waals surface area contributed by atoms with Gasteiger partial charge in [0.1, 0.15) is 67.1 Å². The van der Waals surface area contributed by atoms with Crippen LogP contribution >= 0.6 is 7.82 Å². The van der Waals surface area contributed by atoms with Crippen molar-refractivity contribution in [3.63, 3.8) is 0 Å². The van der Waals surface area contributed by atoms with Crippen molar-refractivity contribution in [2.24, 2.45) is 0 Å². The predicted octanol–water partition coefficient (Wildman–Crippen LogP) is -7.36. The summed E-state index contributed by atoms with van der Waals surface area (Å²) in [7, 11) is -5.06. The number of phosphoric acid groups is 1. The monoisotopic (exact) mass is 598 g/mol. The molecule has 21 heteroatoms. The standard InChI is InChI=1S/C18H31O20P/c19-1-3-5(20)8(23)13(16(29)34-3)37-18-11(26)9(24)12(14(38-18)15(27)28)36-17-10(25)7(22)6(21)4(35-17)2-33-39(30,31)32/h3-14,16-26,29H,1-2H2,(H,27,28)(H2,30,31,32)/t3-,4-,5+,6-,7+,8+,9-,10+,11-,12+,13-,14+,16?,17+,18+/m1/s1. The average Bonchev–Trinajstić information content (AvgIpc) is 2.86. The van der Waals surface area contributed by atoms with Crippen molar-refractivity contribution in [1.29, 1.82) is 0 Å². The Kier molecular flexibility index (Phi) is 10.8. The van der Waals surface area contributed by atoms with E-state index >= 15 is 0 Å². The molecular formula is C18H31O20P. The molecule has 0 radical (unpaired) electrons. The van der Waals surface area contributed by atoms with Crippen molar-refractivity contribution in [2.75, 3.05) is 13.2 Å². The number of rotatable bonds is 9. The lowest BCUT2D eigenvalue weighted by molar-refractivity contribution is -0.376. The summed E-state index contributed by atoms with van der Waals surface area (Å²) in [6, 6.07) is 0. The molecule has 20 nitrogen and oxygen atoms in total. The Bertz CT molecular complexity index is 872. The third-order valence-corrected chi connectivity index (χ3v) is 6.77. The van der Waals surface area contributed by atoms with Crippen LogP contribution in [0.25, 0.3) is 0 Å². The molecule has 15 atom stereocenters. The molecule has 3 aliphatic rings. The average molecular weight is 598 g/mol. The smallest absolute Gasteiger partial charge is 0.469 e. The van der Waals surface area contributed by atoms with Crippen LogP contribution in [-0.2, 0) is 37.6 Å². The highest BCUT2D eigenvalue weighted by molar-refractivity contribution is 7.46. The third kappa shape index (κ3) is 7.27. The quantitative estimate of drug-likeness (QED) is 0.110. The van der Waals surface area contributed by atoms with Crippen molar-refractivity contribution in [3.05, 3.63) is 0 Å². The number of hydrogen-bond donors (Lipinski definition) is 12. The Labute approximate surface area is 218 Å². The zero-order chi connectivity index (χ0) is 29.4. The van der Waals surface area contributed by atoms with Gasteiger partial charge in [0, 0.05) is 0 Å². The number of carbonyl (C=O) groups is 1. The van der Waals surface area contributed by atoms with E-state index in [1.54, 1.807) is 0 Å². The fourth-order valence-electron chi connectivity index (χ4n) is 4.17. The van der Waals surface area contributed by atoms with Gasteiger partial charge in [0.15, 0.2) is 25.0 Å². The molecule has 0 aliphatic carbocycles. The van der Waals surface area contributed by atoms with E-state index in [2.05, 4.69) is 4.52 Å². The first kappa shape index (κ1) is 32.5. The number of phosphoric ester groups is 1. The highest BCUT2D eigenvalue weighted by Gasteiger charge is 2.55. The number of aliphatic carboxylic acids is 1. The molecule has 3 saturated heterocycles. The van der Waals surface area contributed by atoms with Crippen molar-refractivity contribution >= 4 is 13.8 Å². The van der Waals surface area contributed by atoms with Crippen LogP contribution in [0.4, 0.5) is 0 Å². The van der Waals surface area contributed by atoms with Gasteiger partial charge in [-0.25, -0.2) is 9.36 Å². The zero-order valence-corrected chi connectivity index (χ0v) is 20.5. The summed E-state index contributed by atoms with van der Waals surface area (Å²) in [4.78, 5) is 29.6. The van der Waals surface area contributed by atoms with Crippen LogP contribution in [0.15, 0.2) is 0 Å². The van der Waals surface area contributed by atoms with Gasteiger partial charge < -0.3 is 84.5 Å². The Morgan fingerprint density at radius 2 is 1.21 bits per heavy atom. The first-order valence-corrected chi connectivity index (χ1v) is 12.9. The van der Waals surface area contributed by atoms with Crippen LogP contribution in [0, 0.1) is 0 Å². The van der Waals surface area contributed by atoms with Crippen LogP contribution in [0.1, 0.15) is 0 Å². The fourth-order valence-corrected chi connectivity index (χ4v) is 4.51. The maximum absolute atomic E-state index is 11.9. The summed E-state index contributed by atoms with van der Waals surface area (Å²) in [6.45, 7) is -1.81. The molecule has 0 bridgehead atoms. The molecule has 0 aromatic carbocycles. The van der Waals surface area contributed by atoms with Gasteiger partial charge in [-0.1, -0.05) is 0 Å². The molecule has 0 aromatic heterocycles. The van der Waals surface area contributed by atoms with Crippen LogP contribution in [0.3, 0.4) is 0 Å². The van der Waals surface area contributed by atoms with E-state index in [1.165, 1.54) is 0 Å². The topological polar surface area (TPSA) is 332 Å². The molecular weight excluding hydrogens is 567 g/mol. The van der Waals surface area contributed by atoms with Gasteiger partial charge >= 0.3 is 13.8 Å². The van der Waals surface area contributed by atoms with E-state index < -0.39 is 119 Å². The Hall–Kier alpha value is -0.980. The minimum atomic E-state index is -5.06. The fraction of sp³-hybridized carbons (Fsp3) is 0.944. The van der Waals surface area contributed by atoms with Crippen molar-refractivity contribution in [3.8, 4) is 0 Å². The lowest BCUT2D eigenvalue weighted by Crippen LogP contribution is -2.67. The Balaban J connectivity index is 1.74. The van der Waals surface area contributed by atoms with Crippen LogP contribution < -0.4 is 0 Å². The van der Waals surface area contributed by atoms with Crippen molar-refractivity contribution in [1.82, 2.24) is 0 Å². The summed E-state index contributed by atoms with van der Waals surface area (Å²) in [6.07, 6.45) is -29.7. The third-order valence-electron chi connectivity index (χ3n) is 6.29. The Morgan fingerprint density at radius 3 is 1.77 bits per heavy atom. The molecule has 228 valence electrons. The van der Waals surface area contributed by atoms with Crippen molar-refractivity contribution in [2.45, 2.75) is 92.1 Å². The Morgan fingerprint density at radius 1 is 0.692 bits per heavy atom. The molecule has 0 aromatic rings. The lowest BCUT2D eigenvalue weighted by atomic mass is 9.96. The number of aliphatic hydroxyl groups excluding tert-OH is 9. The number of ether oxygens (including phenoxy) is 5. The van der Waals surface area contributed by atoms with E-state index in [-0.39, 0.29) is 0 Å². The largest absolute Gasteiger partial charge is 0.479 e. The first-order chi connectivity index (χ1) is 18.1. The molecule has 1 unspecified atom stereocenters. The first-order valence-electron chi connectivity index (χ1n) is 11.3.